The highest BCUT2D eigenvalue weighted by molar-refractivity contribution is 5.79. The fourth-order valence-electron chi connectivity index (χ4n) is 3.82. The van der Waals surface area contributed by atoms with Gasteiger partial charge in [-0.2, -0.15) is 0 Å². The van der Waals surface area contributed by atoms with Crippen LogP contribution >= 0.6 is 0 Å². The summed E-state index contributed by atoms with van der Waals surface area (Å²) in [6.07, 6.45) is 8.69. The van der Waals surface area contributed by atoms with E-state index >= 15 is 0 Å². The second kappa shape index (κ2) is 8.95. The second-order valence-corrected chi connectivity index (χ2v) is 7.61. The number of hydrogen-bond acceptors (Lipinski definition) is 3. The molecule has 1 N–H and O–H groups in total. The van der Waals surface area contributed by atoms with E-state index in [9.17, 15) is 4.79 Å². The quantitative estimate of drug-likeness (QED) is 0.695. The molecule has 0 radical (unpaired) electrons. The number of rotatable bonds is 6. The molecular formula is C24H28N4O. The van der Waals surface area contributed by atoms with Crippen LogP contribution in [0.1, 0.15) is 30.9 Å². The first-order valence-corrected chi connectivity index (χ1v) is 10.4. The van der Waals surface area contributed by atoms with E-state index in [0.717, 1.165) is 49.4 Å². The summed E-state index contributed by atoms with van der Waals surface area (Å²) in [6.45, 7) is 4.47. The first-order chi connectivity index (χ1) is 14.2. The van der Waals surface area contributed by atoms with Gasteiger partial charge >= 0.3 is 0 Å². The Morgan fingerprint density at radius 2 is 1.72 bits per heavy atom. The van der Waals surface area contributed by atoms with Crippen LogP contribution in [-0.2, 0) is 17.8 Å². The Balaban J connectivity index is 1.26. The minimum atomic E-state index is 0.0836. The van der Waals surface area contributed by atoms with Crippen molar-refractivity contribution in [2.45, 2.75) is 32.7 Å². The predicted octanol–water partition coefficient (Wildman–Crippen LogP) is 3.97. The van der Waals surface area contributed by atoms with E-state index < -0.39 is 0 Å². The minimum Gasteiger partial charge on any atom is -0.357 e. The van der Waals surface area contributed by atoms with Crippen molar-refractivity contribution in [3.05, 3.63) is 78.2 Å². The molecular weight excluding hydrogens is 360 g/mol. The predicted molar refractivity (Wildman–Crippen MR) is 116 cm³/mol. The number of carbonyl (C=O) groups is 1. The van der Waals surface area contributed by atoms with Gasteiger partial charge in [0.2, 0.25) is 5.91 Å². The molecule has 1 aromatic carbocycles. The van der Waals surface area contributed by atoms with Crippen molar-refractivity contribution in [2.75, 3.05) is 18.0 Å². The number of amides is 1. The lowest BCUT2D eigenvalue weighted by atomic mass is 9.95. The van der Waals surface area contributed by atoms with E-state index in [1.165, 1.54) is 5.56 Å². The van der Waals surface area contributed by atoms with Crippen LogP contribution in [-0.4, -0.2) is 28.5 Å². The van der Waals surface area contributed by atoms with Crippen molar-refractivity contribution >= 4 is 11.7 Å². The van der Waals surface area contributed by atoms with E-state index in [2.05, 4.69) is 58.5 Å². The Morgan fingerprint density at radius 1 is 1.03 bits per heavy atom. The summed E-state index contributed by atoms with van der Waals surface area (Å²) >= 11 is 0. The standard InChI is InChI=1S/C24H28N4O/c1-2-19-5-7-20(8-6-19)17-26-24(29)21-11-15-28(16-12-21)23-10-9-22(18-25-23)27-13-3-4-14-27/h3-10,13-14,18,21H,2,11-12,15-17H2,1H3,(H,26,29). The van der Waals surface area contributed by atoms with Crippen LogP contribution in [0, 0.1) is 5.92 Å². The second-order valence-electron chi connectivity index (χ2n) is 7.61. The Morgan fingerprint density at radius 3 is 2.34 bits per heavy atom. The Bertz CT molecular complexity index is 909. The SMILES string of the molecule is CCc1ccc(CNC(=O)C2CCN(c3ccc(-n4cccc4)cn3)CC2)cc1. The van der Waals surface area contributed by atoms with Crippen LogP contribution < -0.4 is 10.2 Å². The van der Waals surface area contributed by atoms with E-state index in [4.69, 9.17) is 0 Å². The molecule has 1 amide bonds. The molecule has 0 unspecified atom stereocenters. The zero-order valence-electron chi connectivity index (χ0n) is 16.9. The van der Waals surface area contributed by atoms with Gasteiger partial charge in [-0.25, -0.2) is 4.98 Å². The van der Waals surface area contributed by atoms with Gasteiger partial charge in [-0.1, -0.05) is 31.2 Å². The van der Waals surface area contributed by atoms with Crippen molar-refractivity contribution in [2.24, 2.45) is 5.92 Å². The van der Waals surface area contributed by atoms with E-state index in [-0.39, 0.29) is 11.8 Å². The molecule has 4 rings (SSSR count). The number of pyridine rings is 1. The molecule has 29 heavy (non-hydrogen) atoms. The van der Waals surface area contributed by atoms with E-state index in [0.29, 0.717) is 6.54 Å². The van der Waals surface area contributed by atoms with Gasteiger partial charge in [0.05, 0.1) is 11.9 Å². The summed E-state index contributed by atoms with van der Waals surface area (Å²) in [6, 6.07) is 16.6. The molecule has 2 aromatic heterocycles. The first kappa shape index (κ1) is 19.2. The summed E-state index contributed by atoms with van der Waals surface area (Å²) in [5.41, 5.74) is 3.53. The third-order valence-electron chi connectivity index (χ3n) is 5.72. The maximum Gasteiger partial charge on any atom is 0.223 e. The van der Waals surface area contributed by atoms with Crippen molar-refractivity contribution < 1.29 is 4.79 Å². The van der Waals surface area contributed by atoms with Crippen molar-refractivity contribution in [1.29, 1.82) is 0 Å². The van der Waals surface area contributed by atoms with Crippen LogP contribution in [0.2, 0.25) is 0 Å². The van der Waals surface area contributed by atoms with Gasteiger partial charge < -0.3 is 14.8 Å². The summed E-state index contributed by atoms with van der Waals surface area (Å²) in [4.78, 5) is 19.5. The monoisotopic (exact) mass is 388 g/mol. The zero-order chi connectivity index (χ0) is 20.1. The molecule has 1 fully saturated rings. The molecule has 1 saturated heterocycles. The number of aromatic nitrogens is 2. The van der Waals surface area contributed by atoms with E-state index in [1.54, 1.807) is 0 Å². The third kappa shape index (κ3) is 4.67. The van der Waals surface area contributed by atoms with Crippen LogP contribution in [0.4, 0.5) is 5.82 Å². The summed E-state index contributed by atoms with van der Waals surface area (Å²) in [7, 11) is 0. The normalized spacial score (nSPS) is 14.7. The lowest BCUT2D eigenvalue weighted by Crippen LogP contribution is -2.40. The average molecular weight is 389 g/mol. The van der Waals surface area contributed by atoms with Crippen LogP contribution in [0.5, 0.6) is 0 Å². The van der Waals surface area contributed by atoms with E-state index in [1.807, 2.05) is 35.3 Å². The molecule has 0 atom stereocenters. The van der Waals surface area contributed by atoms with Crippen molar-refractivity contribution in [1.82, 2.24) is 14.9 Å². The molecule has 3 aromatic rings. The molecule has 5 heteroatoms. The molecule has 0 saturated carbocycles. The van der Waals surface area contributed by atoms with Gasteiger partial charge in [0.25, 0.3) is 0 Å². The summed E-state index contributed by atoms with van der Waals surface area (Å²) in [5.74, 6) is 1.23. The van der Waals surface area contributed by atoms with Gasteiger partial charge in [0, 0.05) is 37.9 Å². The number of anilines is 1. The first-order valence-electron chi connectivity index (χ1n) is 10.4. The van der Waals surface area contributed by atoms with Gasteiger partial charge in [-0.15, -0.1) is 0 Å². The molecule has 0 spiro atoms. The number of hydrogen-bond donors (Lipinski definition) is 1. The zero-order valence-corrected chi connectivity index (χ0v) is 16.9. The third-order valence-corrected chi connectivity index (χ3v) is 5.72. The molecule has 3 heterocycles. The number of piperidine rings is 1. The molecule has 150 valence electrons. The summed E-state index contributed by atoms with van der Waals surface area (Å²) < 4.78 is 2.04. The lowest BCUT2D eigenvalue weighted by molar-refractivity contribution is -0.125. The maximum absolute atomic E-state index is 12.6. The molecule has 5 nitrogen and oxygen atoms in total. The minimum absolute atomic E-state index is 0.0836. The van der Waals surface area contributed by atoms with Gasteiger partial charge in [-0.3, -0.25) is 4.79 Å². The van der Waals surface area contributed by atoms with Gasteiger partial charge in [0.1, 0.15) is 5.82 Å². The van der Waals surface area contributed by atoms with Crippen molar-refractivity contribution in [3.8, 4) is 5.69 Å². The van der Waals surface area contributed by atoms with Crippen LogP contribution in [0.3, 0.4) is 0 Å². The smallest absolute Gasteiger partial charge is 0.223 e. The Labute approximate surface area is 172 Å². The molecule has 1 aliphatic heterocycles. The maximum atomic E-state index is 12.6. The highest BCUT2D eigenvalue weighted by atomic mass is 16.1. The average Bonchev–Trinajstić information content (AvgIpc) is 3.33. The number of nitrogens with one attached hydrogen (secondary N) is 1. The number of aryl methyl sites for hydroxylation is 1. The van der Waals surface area contributed by atoms with Gasteiger partial charge in [0.15, 0.2) is 0 Å². The molecule has 1 aliphatic rings. The topological polar surface area (TPSA) is 50.2 Å². The lowest BCUT2D eigenvalue weighted by Gasteiger charge is -2.32. The number of benzene rings is 1. The largest absolute Gasteiger partial charge is 0.357 e. The Kier molecular flexibility index (Phi) is 5.94. The highest BCUT2D eigenvalue weighted by Gasteiger charge is 2.25. The van der Waals surface area contributed by atoms with Crippen LogP contribution in [0.25, 0.3) is 5.69 Å². The fourth-order valence-corrected chi connectivity index (χ4v) is 3.82. The van der Waals surface area contributed by atoms with Crippen molar-refractivity contribution in [3.63, 3.8) is 0 Å². The molecule has 0 aliphatic carbocycles. The van der Waals surface area contributed by atoms with Crippen LogP contribution in [0.15, 0.2) is 67.1 Å². The fraction of sp³-hybridized carbons (Fsp3) is 0.333. The summed E-state index contributed by atoms with van der Waals surface area (Å²) in [5, 5.41) is 3.11. The number of carbonyl (C=O) groups excluding carboxylic acids is 1. The molecule has 0 bridgehead atoms. The Hall–Kier alpha value is -3.08. The highest BCUT2D eigenvalue weighted by Crippen LogP contribution is 2.23. The van der Waals surface area contributed by atoms with Gasteiger partial charge in [-0.05, 0) is 54.7 Å². The number of nitrogens with zero attached hydrogens (tertiary/aromatic N) is 3.